The van der Waals surface area contributed by atoms with E-state index in [1.54, 1.807) is 49.1 Å². The van der Waals surface area contributed by atoms with Crippen molar-refractivity contribution in [2.24, 2.45) is 0 Å². The minimum atomic E-state index is -3.73. The number of carbonyl (C=O) groups is 1. The minimum Gasteiger partial charge on any atom is -0.593 e. The van der Waals surface area contributed by atoms with Crippen LogP contribution in [-0.2, 0) is 14.6 Å². The molecule has 0 spiro atoms. The predicted octanol–water partition coefficient (Wildman–Crippen LogP) is 2.12. The highest BCUT2D eigenvalue weighted by Crippen LogP contribution is 2.29. The Kier molecular flexibility index (Phi) is 6.04. The smallest absolute Gasteiger partial charge is 0.253 e. The van der Waals surface area contributed by atoms with Gasteiger partial charge in [-0.05, 0) is 25.1 Å². The van der Waals surface area contributed by atoms with Crippen LogP contribution < -0.4 is 4.74 Å². The van der Waals surface area contributed by atoms with Crippen molar-refractivity contribution in [3.8, 4) is 17.1 Å². The Balaban J connectivity index is 1.46. The van der Waals surface area contributed by atoms with Crippen LogP contribution in [0.3, 0.4) is 0 Å². The molecule has 10 nitrogen and oxygen atoms in total. The summed E-state index contributed by atoms with van der Waals surface area (Å²) in [5.41, 5.74) is 2.21. The zero-order valence-electron chi connectivity index (χ0n) is 18.0. The topological polar surface area (TPSA) is 125 Å². The molecule has 1 unspecified atom stereocenters. The van der Waals surface area contributed by atoms with Crippen LogP contribution >= 0.6 is 0 Å². The number of carbonyl (C=O) groups excluding carboxylic acids is 1. The van der Waals surface area contributed by atoms with E-state index in [0.717, 1.165) is 5.56 Å². The van der Waals surface area contributed by atoms with E-state index in [9.17, 15) is 13.6 Å². The largest absolute Gasteiger partial charge is 0.593 e. The summed E-state index contributed by atoms with van der Waals surface area (Å²) in [6.45, 7) is 4.14. The summed E-state index contributed by atoms with van der Waals surface area (Å²) >= 11 is 0. The molecule has 1 saturated heterocycles. The van der Waals surface area contributed by atoms with Crippen LogP contribution in [0.25, 0.3) is 11.3 Å². The van der Waals surface area contributed by atoms with E-state index in [4.69, 9.17) is 9.26 Å². The molecule has 168 valence electrons. The Morgan fingerprint density at radius 2 is 1.88 bits per heavy atom. The van der Waals surface area contributed by atoms with Crippen LogP contribution in [-0.4, -0.2) is 68.3 Å². The molecule has 3 aromatic rings. The second-order valence-corrected chi connectivity index (χ2v) is 9.27. The van der Waals surface area contributed by atoms with E-state index >= 15 is 0 Å². The van der Waals surface area contributed by atoms with Crippen molar-refractivity contribution in [3.63, 3.8) is 0 Å². The highest BCUT2D eigenvalue weighted by molar-refractivity contribution is 7.95. The van der Waals surface area contributed by atoms with E-state index in [2.05, 4.69) is 15.4 Å². The first-order chi connectivity index (χ1) is 15.3. The number of piperazine rings is 1. The molecule has 32 heavy (non-hydrogen) atoms. The van der Waals surface area contributed by atoms with Crippen LogP contribution in [0, 0.1) is 13.8 Å². The van der Waals surface area contributed by atoms with Crippen LogP contribution in [0.15, 0.2) is 45.8 Å². The molecular formula is C21H23N5O5S. The summed E-state index contributed by atoms with van der Waals surface area (Å²) in [7, 11) is -2.21. The summed E-state index contributed by atoms with van der Waals surface area (Å²) in [5.74, 6) is 0.507. The van der Waals surface area contributed by atoms with Gasteiger partial charge in [-0.25, -0.2) is 0 Å². The van der Waals surface area contributed by atoms with Crippen molar-refractivity contribution in [2.75, 3.05) is 33.3 Å². The van der Waals surface area contributed by atoms with Crippen molar-refractivity contribution in [2.45, 2.75) is 18.7 Å². The number of aromatic nitrogens is 3. The number of nitrogens with zero attached hydrogens (tertiary/aromatic N) is 5. The zero-order valence-corrected chi connectivity index (χ0v) is 18.8. The maximum atomic E-state index is 13.1. The molecule has 0 saturated carbocycles. The zero-order chi connectivity index (χ0) is 22.9. The van der Waals surface area contributed by atoms with Gasteiger partial charge in [-0.2, -0.15) is 0 Å². The lowest BCUT2D eigenvalue weighted by Gasteiger charge is -2.35. The molecule has 0 radical (unpaired) electrons. The van der Waals surface area contributed by atoms with Gasteiger partial charge in [0.05, 0.1) is 25.9 Å². The van der Waals surface area contributed by atoms with Crippen molar-refractivity contribution in [1.29, 1.82) is 0 Å². The maximum Gasteiger partial charge on any atom is 0.253 e. The van der Waals surface area contributed by atoms with E-state index in [0.29, 0.717) is 22.8 Å². The standard InChI is InChI=1S/C21H23N5O5S/c1-14-20(15(2)31-24-14)32(28,29)26-11-9-25(10-12-26)21(27)17-6-4-5-16(13-17)18-7-8-19(30-3)23-22-18/h4-8,13H,9-12H2,1-3H3. The minimum absolute atomic E-state index is 0.102. The quantitative estimate of drug-likeness (QED) is 0.534. The Morgan fingerprint density at radius 1 is 1.12 bits per heavy atom. The van der Waals surface area contributed by atoms with Crippen LogP contribution in [0.1, 0.15) is 21.8 Å². The van der Waals surface area contributed by atoms with Crippen molar-refractivity contribution >= 4 is 16.3 Å². The highest BCUT2D eigenvalue weighted by Gasteiger charge is 2.39. The number of methoxy groups -OCH3 is 1. The van der Waals surface area contributed by atoms with E-state index < -0.39 is 10.4 Å². The second-order valence-electron chi connectivity index (χ2n) is 7.39. The molecule has 4 rings (SSSR count). The van der Waals surface area contributed by atoms with Crippen molar-refractivity contribution in [3.05, 3.63) is 53.4 Å². The summed E-state index contributed by atoms with van der Waals surface area (Å²) in [5, 5.41) is 11.8. The fourth-order valence-corrected chi connectivity index (χ4v) is 5.39. The van der Waals surface area contributed by atoms with Gasteiger partial charge in [0.1, 0.15) is 5.69 Å². The lowest BCUT2D eigenvalue weighted by Crippen LogP contribution is -2.52. The molecule has 1 aromatic carbocycles. The first-order valence-corrected chi connectivity index (χ1v) is 11.5. The summed E-state index contributed by atoms with van der Waals surface area (Å²) in [6, 6.07) is 10.6. The molecular weight excluding hydrogens is 434 g/mol. The van der Waals surface area contributed by atoms with Crippen LogP contribution in [0.4, 0.5) is 0 Å². The fraction of sp³-hybridized carbons (Fsp3) is 0.333. The third-order valence-electron chi connectivity index (χ3n) is 5.35. The number of aryl methyl sites for hydroxylation is 2. The first kappa shape index (κ1) is 22.1. The third-order valence-corrected chi connectivity index (χ3v) is 7.49. The number of ether oxygens (including phenoxy) is 1. The molecule has 1 amide bonds. The molecule has 2 aromatic heterocycles. The average molecular weight is 458 g/mol. The lowest BCUT2D eigenvalue weighted by molar-refractivity contribution is 0.0693. The number of sulfonamides is 1. The van der Waals surface area contributed by atoms with Gasteiger partial charge in [0.15, 0.2) is 16.2 Å². The predicted molar refractivity (Wildman–Crippen MR) is 115 cm³/mol. The molecule has 1 aliphatic rings. The third kappa shape index (κ3) is 4.14. The molecule has 1 fully saturated rings. The van der Waals surface area contributed by atoms with Gasteiger partial charge < -0.3 is 18.7 Å². The van der Waals surface area contributed by atoms with E-state index in [1.807, 2.05) is 6.07 Å². The van der Waals surface area contributed by atoms with E-state index in [-0.39, 0.29) is 42.7 Å². The molecule has 0 N–H and O–H groups in total. The number of rotatable bonds is 5. The van der Waals surface area contributed by atoms with Crippen molar-refractivity contribution < 1.29 is 22.8 Å². The fourth-order valence-electron chi connectivity index (χ4n) is 3.68. The number of benzene rings is 1. The van der Waals surface area contributed by atoms with Crippen molar-refractivity contribution in [1.82, 2.24) is 24.6 Å². The van der Waals surface area contributed by atoms with Gasteiger partial charge in [0.2, 0.25) is 10.8 Å². The Hall–Kier alpha value is -3.15. The van der Waals surface area contributed by atoms with Gasteiger partial charge in [0, 0.05) is 37.2 Å². The summed E-state index contributed by atoms with van der Waals surface area (Å²) < 4.78 is 37.4. The first-order valence-electron chi connectivity index (χ1n) is 10.0. The molecule has 1 aliphatic heterocycles. The van der Waals surface area contributed by atoms with Gasteiger partial charge in [0.25, 0.3) is 5.91 Å². The van der Waals surface area contributed by atoms with Gasteiger partial charge >= 0.3 is 0 Å². The van der Waals surface area contributed by atoms with Gasteiger partial charge in [-0.15, -0.1) is 14.5 Å². The lowest BCUT2D eigenvalue weighted by atomic mass is 10.1. The summed E-state index contributed by atoms with van der Waals surface area (Å²) in [6.07, 6.45) is 0. The van der Waals surface area contributed by atoms with Gasteiger partial charge in [-0.3, -0.25) is 4.79 Å². The molecule has 1 atom stereocenters. The summed E-state index contributed by atoms with van der Waals surface area (Å²) in [4.78, 5) is 14.8. The van der Waals surface area contributed by atoms with Gasteiger partial charge in [-0.1, -0.05) is 21.5 Å². The maximum absolute atomic E-state index is 13.1. The second kappa shape index (κ2) is 8.77. The van der Waals surface area contributed by atoms with Crippen LogP contribution in [0.2, 0.25) is 0 Å². The molecule has 0 bridgehead atoms. The number of hydrogen-bond acceptors (Lipinski definition) is 8. The molecule has 0 aliphatic carbocycles. The Morgan fingerprint density at radius 3 is 2.47 bits per heavy atom. The normalized spacial score (nSPS) is 16.6. The average Bonchev–Trinajstić information content (AvgIpc) is 3.17. The van der Waals surface area contributed by atoms with Crippen LogP contribution in [0.5, 0.6) is 5.88 Å². The Bertz CT molecular complexity index is 1150. The Labute approximate surface area is 186 Å². The highest BCUT2D eigenvalue weighted by atomic mass is 32.3. The number of amides is 1. The SMILES string of the molecule is COc1ccc(-c2cccc(C(=O)N3CCN([S+](=O)([O-])c4c(C)noc4C)CC3)c2)nn1. The monoisotopic (exact) mass is 457 g/mol. The molecule has 3 heterocycles. The number of hydrogen-bond donors (Lipinski definition) is 0. The van der Waals surface area contributed by atoms with E-state index in [1.165, 1.54) is 11.4 Å². The molecule has 11 heteroatoms.